The number of benzene rings is 2. The number of piperidine rings is 1. The van der Waals surface area contributed by atoms with Crippen LogP contribution in [-0.4, -0.2) is 47.2 Å². The number of aryl methyl sites for hydroxylation is 1. The Bertz CT molecular complexity index is 1420. The van der Waals surface area contributed by atoms with E-state index in [1.807, 2.05) is 31.7 Å². The second-order valence-corrected chi connectivity index (χ2v) is 11.2. The molecule has 0 radical (unpaired) electrons. The number of amidine groups is 1. The molecule has 0 amide bonds. The van der Waals surface area contributed by atoms with Gasteiger partial charge in [0.2, 0.25) is 5.72 Å². The van der Waals surface area contributed by atoms with Crippen LogP contribution < -0.4 is 4.74 Å². The molecule has 6 rings (SSSR count). The third kappa shape index (κ3) is 4.61. The molecule has 3 heterocycles. The molecular formula is C31H35FN4O3. The lowest BCUT2D eigenvalue weighted by molar-refractivity contribution is -0.109. The predicted molar refractivity (Wildman–Crippen MR) is 148 cm³/mol. The van der Waals surface area contributed by atoms with Gasteiger partial charge in [-0.15, -0.1) is 0 Å². The number of fused-ring (bicyclic) bond motifs is 1. The van der Waals surface area contributed by atoms with E-state index in [-0.39, 0.29) is 11.2 Å². The normalized spacial score (nSPS) is 27.4. The largest absolute Gasteiger partial charge is 0.495 e. The summed E-state index contributed by atoms with van der Waals surface area (Å²) in [6, 6.07) is 12.8. The molecule has 39 heavy (non-hydrogen) atoms. The Morgan fingerprint density at radius 1 is 1.10 bits per heavy atom. The molecule has 1 saturated heterocycles. The van der Waals surface area contributed by atoms with Gasteiger partial charge in [0.15, 0.2) is 5.84 Å². The highest BCUT2D eigenvalue weighted by Crippen LogP contribution is 2.51. The van der Waals surface area contributed by atoms with Gasteiger partial charge in [-0.25, -0.2) is 9.37 Å². The average molecular weight is 531 g/mol. The summed E-state index contributed by atoms with van der Waals surface area (Å²) in [6.07, 6.45) is 11.4. The Labute approximate surface area is 228 Å². The first-order valence-electron chi connectivity index (χ1n) is 13.6. The van der Waals surface area contributed by atoms with Gasteiger partial charge in [0, 0.05) is 32.3 Å². The maximum Gasteiger partial charge on any atom is 0.234 e. The summed E-state index contributed by atoms with van der Waals surface area (Å²) in [7, 11) is 3.50. The van der Waals surface area contributed by atoms with Crippen molar-refractivity contribution < 1.29 is 18.7 Å². The molecule has 1 unspecified atom stereocenters. The molecule has 3 aromatic rings. The highest BCUT2D eigenvalue weighted by Gasteiger charge is 2.52. The minimum absolute atomic E-state index is 0.0766. The molecule has 1 spiro atoms. The number of halogens is 1. The molecule has 1 aliphatic carbocycles. The lowest BCUT2D eigenvalue weighted by atomic mass is 9.66. The minimum atomic E-state index is -0.811. The van der Waals surface area contributed by atoms with Crippen molar-refractivity contribution in [2.24, 2.45) is 10.6 Å². The van der Waals surface area contributed by atoms with Crippen LogP contribution >= 0.6 is 0 Å². The number of aromatic nitrogens is 2. The van der Waals surface area contributed by atoms with Crippen LogP contribution in [0.2, 0.25) is 0 Å². The number of methoxy groups -OCH3 is 2. The van der Waals surface area contributed by atoms with Crippen LogP contribution in [0.1, 0.15) is 55.8 Å². The van der Waals surface area contributed by atoms with Gasteiger partial charge in [0.05, 0.1) is 30.9 Å². The van der Waals surface area contributed by atoms with Gasteiger partial charge in [-0.05, 0) is 85.9 Å². The van der Waals surface area contributed by atoms with Crippen molar-refractivity contribution in [1.29, 1.82) is 0 Å². The first-order valence-corrected chi connectivity index (χ1v) is 13.6. The SMILES string of the molecule is COc1cc(C=C2CC3(CCC(OC)CC3)CN3C2=NOC3(C)c2ccc(F)cc2)ccc1-n1cnc(C)c1. The predicted octanol–water partition coefficient (Wildman–Crippen LogP) is 6.21. The number of hydrogen-bond donors (Lipinski definition) is 0. The molecule has 3 aliphatic rings. The fourth-order valence-corrected chi connectivity index (χ4v) is 6.37. The van der Waals surface area contributed by atoms with Crippen LogP contribution in [-0.2, 0) is 15.3 Å². The summed E-state index contributed by atoms with van der Waals surface area (Å²) < 4.78 is 27.2. The zero-order valence-electron chi connectivity index (χ0n) is 23.0. The van der Waals surface area contributed by atoms with E-state index in [0.717, 1.165) is 78.3 Å². The van der Waals surface area contributed by atoms with Crippen molar-refractivity contribution in [1.82, 2.24) is 14.5 Å². The van der Waals surface area contributed by atoms with Gasteiger partial charge < -0.3 is 23.8 Å². The van der Waals surface area contributed by atoms with Crippen LogP contribution in [0.3, 0.4) is 0 Å². The molecular weight excluding hydrogens is 495 g/mol. The number of ether oxygens (including phenoxy) is 2. The fourth-order valence-electron chi connectivity index (χ4n) is 6.37. The second kappa shape index (κ2) is 9.83. The molecule has 1 aromatic heterocycles. The van der Waals surface area contributed by atoms with Crippen LogP contribution in [0.5, 0.6) is 5.75 Å². The molecule has 204 valence electrons. The molecule has 1 saturated carbocycles. The Kier molecular flexibility index (Phi) is 6.46. The maximum absolute atomic E-state index is 13.8. The van der Waals surface area contributed by atoms with Gasteiger partial charge >= 0.3 is 0 Å². The quantitative estimate of drug-likeness (QED) is 0.393. The van der Waals surface area contributed by atoms with E-state index < -0.39 is 5.72 Å². The Hall–Kier alpha value is -3.65. The lowest BCUT2D eigenvalue weighted by Gasteiger charge is -2.49. The highest BCUT2D eigenvalue weighted by atomic mass is 19.1. The topological polar surface area (TPSA) is 61.1 Å². The average Bonchev–Trinajstić information content (AvgIpc) is 3.53. The molecule has 2 fully saturated rings. The number of imidazole rings is 1. The van der Waals surface area contributed by atoms with E-state index in [4.69, 9.17) is 14.3 Å². The van der Waals surface area contributed by atoms with E-state index in [9.17, 15) is 4.39 Å². The third-order valence-electron chi connectivity index (χ3n) is 8.67. The molecule has 0 bridgehead atoms. The number of nitrogens with zero attached hydrogens (tertiary/aromatic N) is 4. The first kappa shape index (κ1) is 25.6. The van der Waals surface area contributed by atoms with Crippen molar-refractivity contribution in [3.63, 3.8) is 0 Å². The maximum atomic E-state index is 13.8. The van der Waals surface area contributed by atoms with Crippen molar-refractivity contribution in [3.05, 3.63) is 83.2 Å². The van der Waals surface area contributed by atoms with Gasteiger partial charge in [-0.1, -0.05) is 23.4 Å². The monoisotopic (exact) mass is 530 g/mol. The summed E-state index contributed by atoms with van der Waals surface area (Å²) in [5.74, 6) is 1.35. The molecule has 2 aliphatic heterocycles. The fraction of sp³-hybridized carbons (Fsp3) is 0.419. The Morgan fingerprint density at radius 2 is 1.87 bits per heavy atom. The highest BCUT2D eigenvalue weighted by molar-refractivity contribution is 6.03. The zero-order chi connectivity index (χ0) is 27.2. The summed E-state index contributed by atoms with van der Waals surface area (Å²) in [6.45, 7) is 4.82. The molecule has 1 atom stereocenters. The zero-order valence-corrected chi connectivity index (χ0v) is 23.0. The molecule has 2 aromatic carbocycles. The molecule has 0 N–H and O–H groups in total. The van der Waals surface area contributed by atoms with Gasteiger partial charge in [-0.2, -0.15) is 0 Å². The second-order valence-electron chi connectivity index (χ2n) is 11.2. The van der Waals surface area contributed by atoms with Crippen LogP contribution in [0, 0.1) is 18.2 Å². The number of oxime groups is 1. The van der Waals surface area contributed by atoms with Crippen molar-refractivity contribution in [3.8, 4) is 11.4 Å². The van der Waals surface area contributed by atoms with Gasteiger partial charge in [0.25, 0.3) is 0 Å². The van der Waals surface area contributed by atoms with E-state index in [1.165, 1.54) is 12.1 Å². The smallest absolute Gasteiger partial charge is 0.234 e. The van der Waals surface area contributed by atoms with Crippen LogP contribution in [0.25, 0.3) is 11.8 Å². The number of hydrogen-bond acceptors (Lipinski definition) is 6. The lowest BCUT2D eigenvalue weighted by Crippen LogP contribution is -2.54. The third-order valence-corrected chi connectivity index (χ3v) is 8.67. The standard InChI is InChI=1S/C31H35FN4O3/c1-21-18-35(20-33-21)27-10-5-22(16-28(27)38-4)15-23-17-31(13-11-26(37-3)12-14-31)19-36-29(23)34-39-30(36,2)24-6-8-25(32)9-7-24/h5-10,15-16,18,20,26H,11-14,17,19H2,1-4H3. The minimum Gasteiger partial charge on any atom is -0.495 e. The van der Waals surface area contributed by atoms with E-state index in [1.54, 1.807) is 25.6 Å². The number of rotatable bonds is 5. The van der Waals surface area contributed by atoms with Crippen molar-refractivity contribution in [2.45, 2.75) is 57.8 Å². The first-order chi connectivity index (χ1) is 18.8. The summed E-state index contributed by atoms with van der Waals surface area (Å²) in [5, 5.41) is 4.62. The Balaban J connectivity index is 1.39. The molecule has 8 heteroatoms. The van der Waals surface area contributed by atoms with Crippen molar-refractivity contribution >= 4 is 11.9 Å². The van der Waals surface area contributed by atoms with E-state index in [0.29, 0.717) is 6.10 Å². The van der Waals surface area contributed by atoms with E-state index >= 15 is 0 Å². The van der Waals surface area contributed by atoms with Crippen LogP contribution in [0.15, 0.2) is 65.7 Å². The summed E-state index contributed by atoms with van der Waals surface area (Å²) in [4.78, 5) is 12.8. The van der Waals surface area contributed by atoms with Gasteiger partial charge in [-0.3, -0.25) is 0 Å². The van der Waals surface area contributed by atoms with Crippen LogP contribution in [0.4, 0.5) is 4.39 Å². The van der Waals surface area contributed by atoms with E-state index in [2.05, 4.69) is 39.3 Å². The molecule has 7 nitrogen and oxygen atoms in total. The Morgan fingerprint density at radius 3 is 2.54 bits per heavy atom. The van der Waals surface area contributed by atoms with Gasteiger partial charge in [0.1, 0.15) is 11.6 Å². The van der Waals surface area contributed by atoms with Crippen molar-refractivity contribution in [2.75, 3.05) is 20.8 Å². The summed E-state index contributed by atoms with van der Waals surface area (Å²) in [5.41, 5.74) is 4.19. The summed E-state index contributed by atoms with van der Waals surface area (Å²) >= 11 is 0.